The van der Waals surface area contributed by atoms with Crippen LogP contribution in [0.3, 0.4) is 0 Å². The first-order valence-electron chi connectivity index (χ1n) is 8.54. The predicted octanol–water partition coefficient (Wildman–Crippen LogP) is 4.36. The van der Waals surface area contributed by atoms with Crippen LogP contribution in [0.5, 0.6) is 0 Å². The minimum absolute atomic E-state index is 0.104. The van der Waals surface area contributed by atoms with Crippen LogP contribution in [0.2, 0.25) is 5.02 Å². The molecule has 0 aliphatic heterocycles. The Morgan fingerprint density at radius 2 is 2.00 bits per heavy atom. The largest absolute Gasteiger partial charge is 0.324 e. The molecule has 3 rings (SSSR count). The molecule has 0 unspecified atom stereocenters. The summed E-state index contributed by atoms with van der Waals surface area (Å²) < 4.78 is 1.93. The molecule has 0 spiro atoms. The molecule has 0 saturated heterocycles. The summed E-state index contributed by atoms with van der Waals surface area (Å²) in [5.41, 5.74) is 6.98. The van der Waals surface area contributed by atoms with E-state index in [-0.39, 0.29) is 18.2 Å². The highest BCUT2D eigenvalue weighted by molar-refractivity contribution is 7.15. The Morgan fingerprint density at radius 1 is 1.27 bits per heavy atom. The molecular formula is C19H21ClN4OS. The molecule has 7 heteroatoms. The standard InChI is InChI=1S/C19H21ClN4OS/c1-4-12-9-14(17(25)13-7-5-6-8-15(13)20)19(26-12)24-16(10-21)22-23-18(24)11(2)3/h5-9,11H,4,10,21H2,1-3H3. The highest BCUT2D eigenvalue weighted by Gasteiger charge is 2.25. The van der Waals surface area contributed by atoms with Gasteiger partial charge in [-0.05, 0) is 24.6 Å². The first-order valence-corrected chi connectivity index (χ1v) is 9.73. The van der Waals surface area contributed by atoms with E-state index in [1.54, 1.807) is 23.5 Å². The number of nitrogens with two attached hydrogens (primary N) is 1. The Kier molecular flexibility index (Phi) is 5.55. The maximum atomic E-state index is 13.2. The molecule has 0 aliphatic rings. The van der Waals surface area contributed by atoms with Crippen LogP contribution in [0, 0.1) is 0 Å². The van der Waals surface area contributed by atoms with Crippen molar-refractivity contribution < 1.29 is 4.79 Å². The summed E-state index contributed by atoms with van der Waals surface area (Å²) in [6.07, 6.45) is 0.838. The van der Waals surface area contributed by atoms with Gasteiger partial charge in [-0.3, -0.25) is 9.36 Å². The fourth-order valence-electron chi connectivity index (χ4n) is 2.78. The van der Waals surface area contributed by atoms with E-state index in [0.717, 1.165) is 22.1 Å². The molecule has 0 aliphatic carbocycles. The first kappa shape index (κ1) is 18.8. The molecule has 0 radical (unpaired) electrons. The Morgan fingerprint density at radius 3 is 2.62 bits per heavy atom. The number of benzene rings is 1. The molecular weight excluding hydrogens is 368 g/mol. The van der Waals surface area contributed by atoms with Crippen LogP contribution in [0.1, 0.15) is 59.1 Å². The van der Waals surface area contributed by atoms with E-state index in [1.165, 1.54) is 0 Å². The topological polar surface area (TPSA) is 73.8 Å². The molecule has 2 aromatic heterocycles. The number of carbonyl (C=O) groups is 1. The molecule has 136 valence electrons. The van der Waals surface area contributed by atoms with Crippen molar-refractivity contribution in [2.24, 2.45) is 5.73 Å². The summed E-state index contributed by atoms with van der Waals surface area (Å²) in [5, 5.41) is 9.76. The maximum Gasteiger partial charge on any atom is 0.197 e. The van der Waals surface area contributed by atoms with Gasteiger partial charge in [-0.2, -0.15) is 0 Å². The smallest absolute Gasteiger partial charge is 0.197 e. The summed E-state index contributed by atoms with van der Waals surface area (Å²) in [4.78, 5) is 14.3. The van der Waals surface area contributed by atoms with Gasteiger partial charge in [-0.15, -0.1) is 21.5 Å². The Labute approximate surface area is 161 Å². The number of ketones is 1. The third kappa shape index (κ3) is 3.32. The van der Waals surface area contributed by atoms with E-state index < -0.39 is 0 Å². The van der Waals surface area contributed by atoms with Gasteiger partial charge in [0.1, 0.15) is 10.8 Å². The van der Waals surface area contributed by atoms with Crippen molar-refractivity contribution in [3.63, 3.8) is 0 Å². The number of rotatable bonds is 6. The van der Waals surface area contributed by atoms with Crippen molar-refractivity contribution in [2.75, 3.05) is 0 Å². The molecule has 3 aromatic rings. The lowest BCUT2D eigenvalue weighted by Gasteiger charge is -2.12. The fraction of sp³-hybridized carbons (Fsp3) is 0.316. The van der Waals surface area contributed by atoms with Gasteiger partial charge in [0, 0.05) is 16.4 Å². The monoisotopic (exact) mass is 388 g/mol. The van der Waals surface area contributed by atoms with Gasteiger partial charge in [0.15, 0.2) is 11.6 Å². The Hall–Kier alpha value is -2.02. The van der Waals surface area contributed by atoms with Gasteiger partial charge in [-0.25, -0.2) is 0 Å². The number of hydrogen-bond donors (Lipinski definition) is 1. The van der Waals surface area contributed by atoms with Crippen LogP contribution < -0.4 is 5.73 Å². The van der Waals surface area contributed by atoms with Gasteiger partial charge in [0.05, 0.1) is 17.1 Å². The number of thiophene rings is 1. The molecule has 0 atom stereocenters. The molecule has 0 saturated carbocycles. The lowest BCUT2D eigenvalue weighted by atomic mass is 10.0. The zero-order chi connectivity index (χ0) is 18.8. The number of aromatic nitrogens is 3. The van der Waals surface area contributed by atoms with Crippen LogP contribution in [0.25, 0.3) is 5.00 Å². The van der Waals surface area contributed by atoms with Crippen molar-refractivity contribution in [1.82, 2.24) is 14.8 Å². The fourth-order valence-corrected chi connectivity index (χ4v) is 4.13. The van der Waals surface area contributed by atoms with Gasteiger partial charge in [0.25, 0.3) is 0 Å². The Balaban J connectivity index is 2.22. The average Bonchev–Trinajstić information content (AvgIpc) is 3.24. The lowest BCUT2D eigenvalue weighted by molar-refractivity contribution is 0.103. The van der Waals surface area contributed by atoms with Crippen LogP contribution in [-0.4, -0.2) is 20.5 Å². The highest BCUT2D eigenvalue weighted by Crippen LogP contribution is 2.33. The third-order valence-electron chi connectivity index (χ3n) is 4.13. The van der Waals surface area contributed by atoms with E-state index in [4.69, 9.17) is 17.3 Å². The lowest BCUT2D eigenvalue weighted by Crippen LogP contribution is -2.12. The molecule has 2 N–H and O–H groups in total. The molecule has 2 heterocycles. The van der Waals surface area contributed by atoms with Crippen LogP contribution >= 0.6 is 22.9 Å². The second kappa shape index (κ2) is 7.70. The number of carbonyl (C=O) groups excluding carboxylic acids is 1. The number of halogens is 1. The van der Waals surface area contributed by atoms with Crippen molar-refractivity contribution in [1.29, 1.82) is 0 Å². The van der Waals surface area contributed by atoms with Crippen molar-refractivity contribution in [2.45, 2.75) is 39.7 Å². The van der Waals surface area contributed by atoms with Gasteiger partial charge >= 0.3 is 0 Å². The molecule has 1 aromatic carbocycles. The zero-order valence-electron chi connectivity index (χ0n) is 15.0. The summed E-state index contributed by atoms with van der Waals surface area (Å²) >= 11 is 7.83. The van der Waals surface area contributed by atoms with Crippen molar-refractivity contribution in [3.8, 4) is 5.00 Å². The molecule has 26 heavy (non-hydrogen) atoms. The van der Waals surface area contributed by atoms with Crippen molar-refractivity contribution in [3.05, 3.63) is 63.0 Å². The van der Waals surface area contributed by atoms with Gasteiger partial charge < -0.3 is 5.73 Å². The normalized spacial score (nSPS) is 11.3. The Bertz CT molecular complexity index is 945. The summed E-state index contributed by atoms with van der Waals surface area (Å²) in [7, 11) is 0. The van der Waals surface area contributed by atoms with E-state index in [2.05, 4.69) is 17.1 Å². The van der Waals surface area contributed by atoms with E-state index in [0.29, 0.717) is 22.0 Å². The van der Waals surface area contributed by atoms with Crippen LogP contribution in [0.15, 0.2) is 30.3 Å². The van der Waals surface area contributed by atoms with E-state index in [9.17, 15) is 4.79 Å². The summed E-state index contributed by atoms with van der Waals surface area (Å²) in [5.74, 6) is 1.49. The average molecular weight is 389 g/mol. The number of hydrogen-bond acceptors (Lipinski definition) is 5. The second-order valence-corrected chi connectivity index (χ2v) is 7.79. The quantitative estimate of drug-likeness (QED) is 0.637. The predicted molar refractivity (Wildman–Crippen MR) is 105 cm³/mol. The first-order chi connectivity index (χ1) is 12.5. The summed E-state index contributed by atoms with van der Waals surface area (Å²) in [6.45, 7) is 6.41. The molecule has 5 nitrogen and oxygen atoms in total. The van der Waals surface area contributed by atoms with Crippen LogP contribution in [0.4, 0.5) is 0 Å². The molecule has 0 fully saturated rings. The minimum atomic E-state index is -0.104. The number of aryl methyl sites for hydroxylation is 1. The maximum absolute atomic E-state index is 13.2. The third-order valence-corrected chi connectivity index (χ3v) is 5.73. The molecule has 0 bridgehead atoms. The van der Waals surface area contributed by atoms with E-state index >= 15 is 0 Å². The summed E-state index contributed by atoms with van der Waals surface area (Å²) in [6, 6.07) is 9.04. The van der Waals surface area contributed by atoms with Gasteiger partial charge in [0.2, 0.25) is 0 Å². The number of nitrogens with zero attached hydrogens (tertiary/aromatic N) is 3. The van der Waals surface area contributed by atoms with Crippen molar-refractivity contribution >= 4 is 28.7 Å². The molecule has 0 amide bonds. The van der Waals surface area contributed by atoms with E-state index in [1.807, 2.05) is 36.6 Å². The minimum Gasteiger partial charge on any atom is -0.324 e. The SMILES string of the molecule is CCc1cc(C(=O)c2ccccc2Cl)c(-n2c(CN)nnc2C(C)C)s1. The zero-order valence-corrected chi connectivity index (χ0v) is 16.6. The van der Waals surface area contributed by atoms with Crippen LogP contribution in [-0.2, 0) is 13.0 Å². The second-order valence-electron chi connectivity index (χ2n) is 6.26. The van der Waals surface area contributed by atoms with Gasteiger partial charge in [-0.1, -0.05) is 44.5 Å². The highest BCUT2D eigenvalue weighted by atomic mass is 35.5.